The van der Waals surface area contributed by atoms with Crippen LogP contribution in [-0.2, 0) is 4.79 Å². The molecule has 1 N–H and O–H groups in total. The fourth-order valence-electron chi connectivity index (χ4n) is 3.41. The van der Waals surface area contributed by atoms with E-state index in [4.69, 9.17) is 6.42 Å². The minimum absolute atomic E-state index is 0.0590. The van der Waals surface area contributed by atoms with E-state index in [1.54, 1.807) is 24.3 Å². The molecule has 4 heteroatoms. The Labute approximate surface area is 144 Å². The van der Waals surface area contributed by atoms with Crippen molar-refractivity contribution in [1.82, 2.24) is 10.2 Å². The van der Waals surface area contributed by atoms with Crippen LogP contribution < -0.4 is 5.32 Å². The third-order valence-electron chi connectivity index (χ3n) is 4.71. The van der Waals surface area contributed by atoms with Crippen molar-refractivity contribution < 1.29 is 9.59 Å². The van der Waals surface area contributed by atoms with Crippen LogP contribution in [0.5, 0.6) is 0 Å². The summed E-state index contributed by atoms with van der Waals surface area (Å²) < 4.78 is 0. The molecule has 3 atom stereocenters. The summed E-state index contributed by atoms with van der Waals surface area (Å²) in [5, 5.41) is 2.82. The molecule has 0 spiro atoms. The van der Waals surface area contributed by atoms with Crippen LogP contribution in [0.1, 0.15) is 56.3 Å². The van der Waals surface area contributed by atoms with Gasteiger partial charge in [0.15, 0.2) is 0 Å². The molecule has 1 aliphatic rings. The van der Waals surface area contributed by atoms with Gasteiger partial charge in [0.25, 0.3) is 5.91 Å². The Morgan fingerprint density at radius 1 is 1.33 bits per heavy atom. The molecule has 0 aromatic heterocycles. The maximum Gasteiger partial charge on any atom is 0.251 e. The predicted octanol–water partition coefficient (Wildman–Crippen LogP) is 2.99. The number of nitrogens with one attached hydrogen (secondary N) is 1. The molecule has 1 aromatic rings. The SMILES string of the molecule is C#CCC(NC(=O)c1ccccc1)C(=O)N1C(C)CCCC1CC. The van der Waals surface area contributed by atoms with Crippen LogP contribution in [0.15, 0.2) is 30.3 Å². The Hall–Kier alpha value is -2.28. The van der Waals surface area contributed by atoms with Gasteiger partial charge in [-0.1, -0.05) is 25.1 Å². The maximum absolute atomic E-state index is 13.1. The molecule has 2 amide bonds. The summed E-state index contributed by atoms with van der Waals surface area (Å²) in [6.07, 6.45) is 9.72. The first-order valence-electron chi connectivity index (χ1n) is 8.70. The molecule has 1 heterocycles. The first-order valence-corrected chi connectivity index (χ1v) is 8.70. The highest BCUT2D eigenvalue weighted by molar-refractivity contribution is 5.97. The average Bonchev–Trinajstić information content (AvgIpc) is 2.61. The van der Waals surface area contributed by atoms with E-state index in [0.29, 0.717) is 5.56 Å². The van der Waals surface area contributed by atoms with E-state index in [9.17, 15) is 9.59 Å². The van der Waals surface area contributed by atoms with Crippen molar-refractivity contribution in [3.05, 3.63) is 35.9 Å². The van der Waals surface area contributed by atoms with Crippen molar-refractivity contribution in [3.8, 4) is 12.3 Å². The van der Waals surface area contributed by atoms with Crippen molar-refractivity contribution in [3.63, 3.8) is 0 Å². The zero-order valence-corrected chi connectivity index (χ0v) is 14.5. The number of terminal acetylenes is 1. The van der Waals surface area contributed by atoms with Gasteiger partial charge in [-0.05, 0) is 44.7 Å². The molecule has 0 radical (unpaired) electrons. The number of carbonyl (C=O) groups excluding carboxylic acids is 2. The molecule has 0 aliphatic carbocycles. The van der Waals surface area contributed by atoms with Gasteiger partial charge in [0.2, 0.25) is 5.91 Å². The van der Waals surface area contributed by atoms with E-state index < -0.39 is 6.04 Å². The maximum atomic E-state index is 13.1. The number of piperidine rings is 1. The number of rotatable bonds is 5. The van der Waals surface area contributed by atoms with Crippen LogP contribution in [0.4, 0.5) is 0 Å². The largest absolute Gasteiger partial charge is 0.339 e. The summed E-state index contributed by atoms with van der Waals surface area (Å²) in [5.74, 6) is 2.21. The monoisotopic (exact) mass is 326 g/mol. The summed E-state index contributed by atoms with van der Waals surface area (Å²) in [7, 11) is 0. The molecule has 1 fully saturated rings. The van der Waals surface area contributed by atoms with Gasteiger partial charge in [0.05, 0.1) is 0 Å². The Kier molecular flexibility index (Phi) is 6.43. The van der Waals surface area contributed by atoms with Crippen molar-refractivity contribution in [2.24, 2.45) is 0 Å². The second-order valence-electron chi connectivity index (χ2n) is 6.39. The fourth-order valence-corrected chi connectivity index (χ4v) is 3.41. The van der Waals surface area contributed by atoms with Gasteiger partial charge in [-0.15, -0.1) is 12.3 Å². The highest BCUT2D eigenvalue weighted by Gasteiger charge is 2.35. The lowest BCUT2D eigenvalue weighted by Crippen LogP contribution is -2.56. The molecule has 4 nitrogen and oxygen atoms in total. The lowest BCUT2D eigenvalue weighted by molar-refractivity contribution is -0.139. The molecule has 2 rings (SSSR count). The van der Waals surface area contributed by atoms with Gasteiger partial charge in [0.1, 0.15) is 6.04 Å². The molecular weight excluding hydrogens is 300 g/mol. The van der Waals surface area contributed by atoms with Gasteiger partial charge >= 0.3 is 0 Å². The number of amides is 2. The zero-order valence-electron chi connectivity index (χ0n) is 14.5. The molecule has 3 unspecified atom stereocenters. The molecule has 0 saturated carbocycles. The van der Waals surface area contributed by atoms with Gasteiger partial charge in [-0.25, -0.2) is 0 Å². The molecule has 128 valence electrons. The van der Waals surface area contributed by atoms with Crippen LogP contribution in [0, 0.1) is 12.3 Å². The smallest absolute Gasteiger partial charge is 0.251 e. The number of likely N-dealkylation sites (tertiary alicyclic amines) is 1. The second kappa shape index (κ2) is 8.54. The number of hydrogen-bond acceptors (Lipinski definition) is 2. The van der Waals surface area contributed by atoms with Gasteiger partial charge < -0.3 is 10.2 Å². The second-order valence-corrected chi connectivity index (χ2v) is 6.39. The highest BCUT2D eigenvalue weighted by Crippen LogP contribution is 2.26. The predicted molar refractivity (Wildman–Crippen MR) is 95.4 cm³/mol. The number of hydrogen-bond donors (Lipinski definition) is 1. The van der Waals surface area contributed by atoms with Gasteiger partial charge in [-0.3, -0.25) is 9.59 Å². The van der Waals surface area contributed by atoms with E-state index in [1.165, 1.54) is 0 Å². The minimum Gasteiger partial charge on any atom is -0.339 e. The highest BCUT2D eigenvalue weighted by atomic mass is 16.2. The number of carbonyl (C=O) groups is 2. The molecule has 1 aromatic carbocycles. The van der Waals surface area contributed by atoms with E-state index in [1.807, 2.05) is 11.0 Å². The fraction of sp³-hybridized carbons (Fsp3) is 0.500. The molecule has 0 bridgehead atoms. The van der Waals surface area contributed by atoms with Crippen LogP contribution in [0.3, 0.4) is 0 Å². The number of benzene rings is 1. The number of nitrogens with zero attached hydrogens (tertiary/aromatic N) is 1. The van der Waals surface area contributed by atoms with E-state index >= 15 is 0 Å². The summed E-state index contributed by atoms with van der Waals surface area (Å²) in [6, 6.07) is 8.65. The zero-order chi connectivity index (χ0) is 17.5. The lowest BCUT2D eigenvalue weighted by Gasteiger charge is -2.42. The Morgan fingerprint density at radius 3 is 2.67 bits per heavy atom. The topological polar surface area (TPSA) is 49.4 Å². The molecule has 1 saturated heterocycles. The third kappa shape index (κ3) is 4.17. The third-order valence-corrected chi connectivity index (χ3v) is 4.71. The van der Waals surface area contributed by atoms with Crippen molar-refractivity contribution in [1.29, 1.82) is 0 Å². The van der Waals surface area contributed by atoms with Crippen LogP contribution in [0.2, 0.25) is 0 Å². The summed E-state index contributed by atoms with van der Waals surface area (Å²) >= 11 is 0. The average molecular weight is 326 g/mol. The van der Waals surface area contributed by atoms with Crippen LogP contribution in [-0.4, -0.2) is 34.8 Å². The molecule has 1 aliphatic heterocycles. The Morgan fingerprint density at radius 2 is 2.04 bits per heavy atom. The first kappa shape index (κ1) is 18.1. The quantitative estimate of drug-likeness (QED) is 0.846. The van der Waals surface area contributed by atoms with E-state index in [-0.39, 0.29) is 30.3 Å². The Balaban J connectivity index is 2.15. The standard InChI is InChI=1S/C20H26N2O2/c1-4-10-18(21-19(23)16-12-7-6-8-13-16)20(24)22-15(3)11-9-14-17(22)5-2/h1,6-8,12-13,15,17-18H,5,9-11,14H2,2-3H3,(H,21,23). The van der Waals surface area contributed by atoms with Crippen LogP contribution in [0.25, 0.3) is 0 Å². The summed E-state index contributed by atoms with van der Waals surface area (Å²) in [6.45, 7) is 4.17. The molecule has 24 heavy (non-hydrogen) atoms. The van der Waals surface area contributed by atoms with Gasteiger partial charge in [-0.2, -0.15) is 0 Å². The minimum atomic E-state index is -0.669. The summed E-state index contributed by atoms with van der Waals surface area (Å²) in [5.41, 5.74) is 0.533. The van der Waals surface area contributed by atoms with E-state index in [2.05, 4.69) is 25.1 Å². The summed E-state index contributed by atoms with van der Waals surface area (Å²) in [4.78, 5) is 27.4. The first-order chi connectivity index (χ1) is 11.6. The lowest BCUT2D eigenvalue weighted by atomic mass is 9.93. The van der Waals surface area contributed by atoms with Crippen molar-refractivity contribution in [2.75, 3.05) is 0 Å². The molecular formula is C20H26N2O2. The van der Waals surface area contributed by atoms with Crippen LogP contribution >= 0.6 is 0 Å². The Bertz CT molecular complexity index is 606. The van der Waals surface area contributed by atoms with E-state index in [0.717, 1.165) is 25.7 Å². The van der Waals surface area contributed by atoms with Crippen molar-refractivity contribution in [2.45, 2.75) is 64.1 Å². The van der Waals surface area contributed by atoms with Gasteiger partial charge in [0, 0.05) is 24.1 Å². The normalized spacial score (nSPS) is 21.6. The van der Waals surface area contributed by atoms with Crippen molar-refractivity contribution >= 4 is 11.8 Å².